The maximum Gasteiger partial charge on any atom is 0.222 e. The van der Waals surface area contributed by atoms with Gasteiger partial charge in [0.05, 0.1) is 6.61 Å². The minimum atomic E-state index is 0. The molecule has 32 heavy (non-hydrogen) atoms. The van der Waals surface area contributed by atoms with Crippen LogP contribution < -0.4 is 20.1 Å². The van der Waals surface area contributed by atoms with Crippen molar-refractivity contribution in [3.05, 3.63) is 48.2 Å². The molecule has 0 bridgehead atoms. The van der Waals surface area contributed by atoms with Crippen LogP contribution >= 0.6 is 24.0 Å². The predicted octanol–water partition coefficient (Wildman–Crippen LogP) is 3.57. The molecule has 174 valence electrons. The molecule has 0 saturated carbocycles. The lowest BCUT2D eigenvalue weighted by Crippen LogP contribution is -2.44. The SMILES string of the molecule is CCOc1ccc(Oc2cc(CNC(=NC)NC3CCN(C(=O)CC)C3)ccn2)cc1.I. The normalized spacial score (nSPS) is 15.7. The first-order valence-electron chi connectivity index (χ1n) is 10.7. The maximum absolute atomic E-state index is 11.9. The average Bonchev–Trinajstić information content (AvgIpc) is 3.26. The van der Waals surface area contributed by atoms with Crippen molar-refractivity contribution in [2.75, 3.05) is 26.7 Å². The fraction of sp³-hybridized carbons (Fsp3) is 0.435. The fourth-order valence-corrected chi connectivity index (χ4v) is 3.41. The van der Waals surface area contributed by atoms with E-state index in [0.717, 1.165) is 24.3 Å². The summed E-state index contributed by atoms with van der Waals surface area (Å²) in [7, 11) is 1.74. The van der Waals surface area contributed by atoms with E-state index in [-0.39, 0.29) is 35.9 Å². The van der Waals surface area contributed by atoms with E-state index in [1.165, 1.54) is 0 Å². The van der Waals surface area contributed by atoms with Gasteiger partial charge in [0, 0.05) is 51.4 Å². The molecule has 1 unspecified atom stereocenters. The van der Waals surface area contributed by atoms with Crippen LogP contribution in [0.15, 0.2) is 47.6 Å². The minimum Gasteiger partial charge on any atom is -0.494 e. The van der Waals surface area contributed by atoms with Gasteiger partial charge in [-0.15, -0.1) is 24.0 Å². The number of hydrogen-bond acceptors (Lipinski definition) is 5. The summed E-state index contributed by atoms with van der Waals surface area (Å²) < 4.78 is 11.3. The number of hydrogen-bond donors (Lipinski definition) is 2. The van der Waals surface area contributed by atoms with Crippen molar-refractivity contribution in [3.8, 4) is 17.4 Å². The lowest BCUT2D eigenvalue weighted by Gasteiger charge is -2.18. The molecule has 9 heteroatoms. The van der Waals surface area contributed by atoms with Crippen LogP contribution in [0.25, 0.3) is 0 Å². The van der Waals surface area contributed by atoms with E-state index in [0.29, 0.717) is 43.7 Å². The Labute approximate surface area is 206 Å². The van der Waals surface area contributed by atoms with Gasteiger partial charge in [-0.1, -0.05) is 6.92 Å². The first-order chi connectivity index (χ1) is 15.1. The molecule has 0 radical (unpaired) electrons. The molecule has 1 saturated heterocycles. The number of aliphatic imine (C=N–C) groups is 1. The molecule has 8 nitrogen and oxygen atoms in total. The Hall–Kier alpha value is -2.56. The number of likely N-dealkylation sites (tertiary alicyclic amines) is 1. The number of carbonyl (C=O) groups is 1. The molecule has 0 aliphatic carbocycles. The van der Waals surface area contributed by atoms with Gasteiger partial charge >= 0.3 is 0 Å². The Morgan fingerprint density at radius 2 is 1.97 bits per heavy atom. The van der Waals surface area contributed by atoms with Gasteiger partial charge in [-0.3, -0.25) is 9.79 Å². The van der Waals surface area contributed by atoms with Crippen molar-refractivity contribution in [2.45, 2.75) is 39.3 Å². The van der Waals surface area contributed by atoms with Crippen LogP contribution in [0, 0.1) is 0 Å². The van der Waals surface area contributed by atoms with E-state index in [2.05, 4.69) is 20.6 Å². The first-order valence-corrected chi connectivity index (χ1v) is 10.7. The van der Waals surface area contributed by atoms with Crippen LogP contribution in [-0.4, -0.2) is 54.5 Å². The van der Waals surface area contributed by atoms with Crippen LogP contribution in [0.3, 0.4) is 0 Å². The number of pyridine rings is 1. The lowest BCUT2D eigenvalue weighted by atomic mass is 10.2. The molecule has 1 aliphatic heterocycles. The molecule has 0 spiro atoms. The molecule has 1 aromatic heterocycles. The molecule has 1 aliphatic rings. The lowest BCUT2D eigenvalue weighted by molar-refractivity contribution is -0.129. The summed E-state index contributed by atoms with van der Waals surface area (Å²) in [4.78, 5) is 22.4. The number of rotatable bonds is 8. The third-order valence-electron chi connectivity index (χ3n) is 5.02. The molecule has 1 aromatic carbocycles. The summed E-state index contributed by atoms with van der Waals surface area (Å²) in [5.41, 5.74) is 1.02. The Bertz CT molecular complexity index is 891. The van der Waals surface area contributed by atoms with Crippen molar-refractivity contribution in [3.63, 3.8) is 0 Å². The summed E-state index contributed by atoms with van der Waals surface area (Å²) in [6, 6.07) is 11.5. The molecular formula is C23H32IN5O3. The number of carbonyl (C=O) groups excluding carboxylic acids is 1. The summed E-state index contributed by atoms with van der Waals surface area (Å²) >= 11 is 0. The molecule has 1 atom stereocenters. The first kappa shape index (κ1) is 25.7. The fourth-order valence-electron chi connectivity index (χ4n) is 3.41. The Kier molecular flexibility index (Phi) is 10.5. The highest BCUT2D eigenvalue weighted by molar-refractivity contribution is 14.0. The van der Waals surface area contributed by atoms with Gasteiger partial charge in [0.25, 0.3) is 0 Å². The Morgan fingerprint density at radius 1 is 1.22 bits per heavy atom. The summed E-state index contributed by atoms with van der Waals surface area (Å²) in [6.07, 6.45) is 3.19. The predicted molar refractivity (Wildman–Crippen MR) is 136 cm³/mol. The molecule has 2 N–H and O–H groups in total. The third-order valence-corrected chi connectivity index (χ3v) is 5.02. The summed E-state index contributed by atoms with van der Waals surface area (Å²) in [6.45, 7) is 6.55. The second-order valence-corrected chi connectivity index (χ2v) is 7.26. The minimum absolute atomic E-state index is 0. The molecular weight excluding hydrogens is 521 g/mol. The van der Waals surface area contributed by atoms with E-state index in [9.17, 15) is 4.79 Å². The van der Waals surface area contributed by atoms with Gasteiger partial charge in [-0.2, -0.15) is 0 Å². The Morgan fingerprint density at radius 3 is 2.66 bits per heavy atom. The zero-order chi connectivity index (χ0) is 22.1. The van der Waals surface area contributed by atoms with Crippen LogP contribution in [-0.2, 0) is 11.3 Å². The molecule has 1 amide bonds. The van der Waals surface area contributed by atoms with Crippen LogP contribution in [0.1, 0.15) is 32.3 Å². The maximum atomic E-state index is 11.9. The van der Waals surface area contributed by atoms with E-state index < -0.39 is 0 Å². The van der Waals surface area contributed by atoms with Gasteiger partial charge in [-0.25, -0.2) is 4.98 Å². The second-order valence-electron chi connectivity index (χ2n) is 7.26. The van der Waals surface area contributed by atoms with E-state index >= 15 is 0 Å². The quantitative estimate of drug-likeness (QED) is 0.296. The highest BCUT2D eigenvalue weighted by Crippen LogP contribution is 2.23. The smallest absolute Gasteiger partial charge is 0.222 e. The molecule has 3 rings (SSSR count). The molecule has 1 fully saturated rings. The zero-order valence-corrected chi connectivity index (χ0v) is 21.2. The zero-order valence-electron chi connectivity index (χ0n) is 18.8. The Balaban J connectivity index is 0.00000363. The number of aromatic nitrogens is 1. The highest BCUT2D eigenvalue weighted by Gasteiger charge is 2.25. The van der Waals surface area contributed by atoms with E-state index in [1.54, 1.807) is 13.2 Å². The van der Waals surface area contributed by atoms with Gasteiger partial charge in [-0.05, 0) is 49.2 Å². The standard InChI is InChI=1S/C23H31N5O3.HI/c1-4-22(29)28-13-11-18(16-28)27-23(24-3)26-15-17-10-12-25-21(14-17)31-20-8-6-19(7-9-20)30-5-2;/h6-10,12,14,18H,4-5,11,13,15-16H2,1-3H3,(H2,24,26,27);1H. The van der Waals surface area contributed by atoms with Crippen molar-refractivity contribution >= 4 is 35.8 Å². The largest absolute Gasteiger partial charge is 0.494 e. The number of guanidine groups is 1. The van der Waals surface area contributed by atoms with Gasteiger partial charge in [0.15, 0.2) is 5.96 Å². The number of amides is 1. The molecule has 2 heterocycles. The van der Waals surface area contributed by atoms with Crippen LogP contribution in [0.5, 0.6) is 17.4 Å². The summed E-state index contributed by atoms with van der Waals surface area (Å²) in [5.74, 6) is 2.94. The van der Waals surface area contributed by atoms with Crippen molar-refractivity contribution < 1.29 is 14.3 Å². The monoisotopic (exact) mass is 553 g/mol. The second kappa shape index (κ2) is 13.1. The average molecular weight is 553 g/mol. The third kappa shape index (κ3) is 7.54. The van der Waals surface area contributed by atoms with Gasteiger partial charge < -0.3 is 25.0 Å². The van der Waals surface area contributed by atoms with E-state index in [1.807, 2.05) is 55.1 Å². The van der Waals surface area contributed by atoms with Crippen molar-refractivity contribution in [2.24, 2.45) is 4.99 Å². The van der Waals surface area contributed by atoms with Gasteiger partial charge in [0.1, 0.15) is 11.5 Å². The van der Waals surface area contributed by atoms with Crippen molar-refractivity contribution in [1.29, 1.82) is 0 Å². The summed E-state index contributed by atoms with van der Waals surface area (Å²) in [5, 5.41) is 6.72. The van der Waals surface area contributed by atoms with Crippen molar-refractivity contribution in [1.82, 2.24) is 20.5 Å². The van der Waals surface area contributed by atoms with Gasteiger partial charge in [0.2, 0.25) is 11.8 Å². The number of halogens is 1. The number of nitrogens with zero attached hydrogens (tertiary/aromatic N) is 3. The topological polar surface area (TPSA) is 88.1 Å². The number of nitrogens with one attached hydrogen (secondary N) is 2. The van der Waals surface area contributed by atoms with Crippen LogP contribution in [0.2, 0.25) is 0 Å². The van der Waals surface area contributed by atoms with Crippen LogP contribution in [0.4, 0.5) is 0 Å². The number of benzene rings is 1. The molecule has 2 aromatic rings. The highest BCUT2D eigenvalue weighted by atomic mass is 127. The number of ether oxygens (including phenoxy) is 2. The van der Waals surface area contributed by atoms with E-state index in [4.69, 9.17) is 9.47 Å².